The van der Waals surface area contributed by atoms with Crippen LogP contribution in [-0.2, 0) is 10.0 Å². The molecule has 0 aliphatic heterocycles. The molecule has 0 spiro atoms. The van der Waals surface area contributed by atoms with E-state index >= 15 is 0 Å². The van der Waals surface area contributed by atoms with Crippen molar-refractivity contribution < 1.29 is 8.42 Å². The largest absolute Gasteiger partial charge is 0.314 e. The Kier molecular flexibility index (Phi) is 4.36. The standard InChI is InChI=1S/C11H20N4O2S/c1-9(10-7-13-14-8-10)15-18(16,17)6-2-5-12-11-3-4-11/h7-9,11-12,15H,2-6H2,1H3,(H,13,14). The quantitative estimate of drug-likeness (QED) is 0.603. The highest BCUT2D eigenvalue weighted by atomic mass is 32.2. The van der Waals surface area contributed by atoms with Crippen molar-refractivity contribution in [1.82, 2.24) is 20.2 Å². The van der Waals surface area contributed by atoms with Crippen LogP contribution in [0, 0.1) is 0 Å². The fourth-order valence-electron chi connectivity index (χ4n) is 1.75. The van der Waals surface area contributed by atoms with Gasteiger partial charge in [0.25, 0.3) is 0 Å². The molecule has 1 saturated carbocycles. The topological polar surface area (TPSA) is 86.9 Å². The lowest BCUT2D eigenvalue weighted by Gasteiger charge is -2.12. The molecule has 1 aliphatic rings. The maximum absolute atomic E-state index is 11.8. The molecule has 0 bridgehead atoms. The normalized spacial score (nSPS) is 17.8. The van der Waals surface area contributed by atoms with E-state index in [4.69, 9.17) is 0 Å². The zero-order valence-electron chi connectivity index (χ0n) is 10.5. The average molecular weight is 272 g/mol. The molecule has 1 aliphatic carbocycles. The lowest BCUT2D eigenvalue weighted by molar-refractivity contribution is 0.561. The second-order valence-corrected chi connectivity index (χ2v) is 6.65. The second-order valence-electron chi connectivity index (χ2n) is 4.77. The fraction of sp³-hybridized carbons (Fsp3) is 0.727. The molecule has 1 aromatic rings. The van der Waals surface area contributed by atoms with Gasteiger partial charge in [-0.3, -0.25) is 5.10 Å². The predicted molar refractivity (Wildman–Crippen MR) is 69.6 cm³/mol. The van der Waals surface area contributed by atoms with E-state index in [9.17, 15) is 8.42 Å². The third kappa shape index (κ3) is 4.40. The van der Waals surface area contributed by atoms with E-state index in [0.29, 0.717) is 12.5 Å². The van der Waals surface area contributed by atoms with Crippen molar-refractivity contribution in [2.45, 2.75) is 38.3 Å². The maximum atomic E-state index is 11.8. The fourth-order valence-corrected chi connectivity index (χ4v) is 3.07. The molecule has 7 heteroatoms. The molecule has 0 aromatic carbocycles. The maximum Gasteiger partial charge on any atom is 0.212 e. The summed E-state index contributed by atoms with van der Waals surface area (Å²) < 4.78 is 26.3. The van der Waals surface area contributed by atoms with Crippen LogP contribution in [0.2, 0.25) is 0 Å². The third-order valence-electron chi connectivity index (χ3n) is 2.98. The van der Waals surface area contributed by atoms with Gasteiger partial charge in [-0.25, -0.2) is 13.1 Å². The van der Waals surface area contributed by atoms with Crippen molar-refractivity contribution in [3.63, 3.8) is 0 Å². The smallest absolute Gasteiger partial charge is 0.212 e. The number of aromatic nitrogens is 2. The van der Waals surface area contributed by atoms with E-state index in [1.165, 1.54) is 12.8 Å². The molecule has 18 heavy (non-hydrogen) atoms. The van der Waals surface area contributed by atoms with Crippen LogP contribution in [0.25, 0.3) is 0 Å². The van der Waals surface area contributed by atoms with Crippen molar-refractivity contribution in [2.75, 3.05) is 12.3 Å². The predicted octanol–water partition coefficient (Wildman–Crippen LogP) is 0.532. The van der Waals surface area contributed by atoms with Gasteiger partial charge in [-0.05, 0) is 32.7 Å². The minimum atomic E-state index is -3.22. The van der Waals surface area contributed by atoms with Crippen molar-refractivity contribution in [2.24, 2.45) is 0 Å². The Bertz CT molecular complexity index is 453. The van der Waals surface area contributed by atoms with Crippen molar-refractivity contribution in [3.8, 4) is 0 Å². The van der Waals surface area contributed by atoms with Gasteiger partial charge in [-0.15, -0.1) is 0 Å². The summed E-state index contributed by atoms with van der Waals surface area (Å²) in [6, 6.07) is 0.385. The van der Waals surface area contributed by atoms with E-state index in [1.807, 2.05) is 6.92 Å². The van der Waals surface area contributed by atoms with E-state index in [2.05, 4.69) is 20.2 Å². The first-order valence-electron chi connectivity index (χ1n) is 6.29. The number of nitrogens with zero attached hydrogens (tertiary/aromatic N) is 1. The summed E-state index contributed by atoms with van der Waals surface area (Å²) in [6.45, 7) is 2.58. The van der Waals surface area contributed by atoms with Crippen LogP contribution in [0.1, 0.15) is 37.8 Å². The number of nitrogens with one attached hydrogen (secondary N) is 3. The summed E-state index contributed by atoms with van der Waals surface area (Å²) in [5, 5.41) is 9.78. The zero-order valence-corrected chi connectivity index (χ0v) is 11.3. The molecule has 2 rings (SSSR count). The summed E-state index contributed by atoms with van der Waals surface area (Å²) >= 11 is 0. The van der Waals surface area contributed by atoms with E-state index in [1.54, 1.807) is 12.4 Å². The van der Waals surface area contributed by atoms with Crippen LogP contribution in [0.4, 0.5) is 0 Å². The highest BCUT2D eigenvalue weighted by Gasteiger charge is 2.20. The summed E-state index contributed by atoms with van der Waals surface area (Å²) in [4.78, 5) is 0. The highest BCUT2D eigenvalue weighted by Crippen LogP contribution is 2.18. The molecule has 0 saturated heterocycles. The van der Waals surface area contributed by atoms with Crippen LogP contribution < -0.4 is 10.0 Å². The number of H-pyrrole nitrogens is 1. The molecule has 1 atom stereocenters. The molecular weight excluding hydrogens is 252 g/mol. The number of hydrogen-bond donors (Lipinski definition) is 3. The molecule has 1 fully saturated rings. The minimum absolute atomic E-state index is 0.162. The van der Waals surface area contributed by atoms with Crippen LogP contribution in [0.15, 0.2) is 12.4 Å². The molecule has 0 amide bonds. The van der Waals surface area contributed by atoms with Gasteiger partial charge < -0.3 is 5.32 Å². The van der Waals surface area contributed by atoms with E-state index in [0.717, 1.165) is 12.1 Å². The Hall–Kier alpha value is -0.920. The van der Waals surface area contributed by atoms with Gasteiger partial charge in [-0.1, -0.05) is 0 Å². The highest BCUT2D eigenvalue weighted by molar-refractivity contribution is 7.89. The van der Waals surface area contributed by atoms with Crippen LogP contribution in [0.5, 0.6) is 0 Å². The van der Waals surface area contributed by atoms with Gasteiger partial charge >= 0.3 is 0 Å². The van der Waals surface area contributed by atoms with Gasteiger partial charge in [0.15, 0.2) is 0 Å². The average Bonchev–Trinajstić information content (AvgIpc) is 2.95. The SMILES string of the molecule is CC(NS(=O)(=O)CCCNC1CC1)c1cn[nH]c1. The lowest BCUT2D eigenvalue weighted by Crippen LogP contribution is -2.30. The van der Waals surface area contributed by atoms with Crippen molar-refractivity contribution >= 4 is 10.0 Å². The molecule has 3 N–H and O–H groups in total. The first-order valence-corrected chi connectivity index (χ1v) is 7.94. The Morgan fingerprint density at radius 1 is 1.56 bits per heavy atom. The summed E-state index contributed by atoms with van der Waals surface area (Å²) in [5.41, 5.74) is 0.842. The Balaban J connectivity index is 1.72. The zero-order chi connectivity index (χ0) is 13.0. The first-order chi connectivity index (χ1) is 8.57. The first kappa shape index (κ1) is 13.5. The van der Waals surface area contributed by atoms with E-state index < -0.39 is 10.0 Å². The van der Waals surface area contributed by atoms with E-state index in [-0.39, 0.29) is 11.8 Å². The Labute approximate surface area is 108 Å². The molecule has 102 valence electrons. The third-order valence-corrected chi connectivity index (χ3v) is 4.51. The van der Waals surface area contributed by atoms with Crippen molar-refractivity contribution in [3.05, 3.63) is 18.0 Å². The number of hydrogen-bond acceptors (Lipinski definition) is 4. The van der Waals surface area contributed by atoms with Gasteiger partial charge in [0, 0.05) is 23.8 Å². The van der Waals surface area contributed by atoms with Gasteiger partial charge in [0.2, 0.25) is 10.0 Å². The summed E-state index contributed by atoms with van der Waals surface area (Å²) in [6.07, 6.45) is 6.42. The molecule has 1 heterocycles. The molecule has 1 unspecified atom stereocenters. The summed E-state index contributed by atoms with van der Waals surface area (Å²) in [7, 11) is -3.22. The lowest BCUT2D eigenvalue weighted by atomic mass is 10.2. The van der Waals surface area contributed by atoms with Gasteiger partial charge in [0.1, 0.15) is 0 Å². The Morgan fingerprint density at radius 2 is 2.33 bits per heavy atom. The van der Waals surface area contributed by atoms with Gasteiger partial charge in [0.05, 0.1) is 11.9 Å². The molecule has 6 nitrogen and oxygen atoms in total. The van der Waals surface area contributed by atoms with Crippen LogP contribution in [-0.4, -0.2) is 37.0 Å². The molecular formula is C11H20N4O2S. The number of aromatic amines is 1. The summed E-state index contributed by atoms with van der Waals surface area (Å²) in [5.74, 6) is 0.162. The van der Waals surface area contributed by atoms with Crippen LogP contribution >= 0.6 is 0 Å². The van der Waals surface area contributed by atoms with Crippen LogP contribution in [0.3, 0.4) is 0 Å². The Morgan fingerprint density at radius 3 is 2.94 bits per heavy atom. The number of rotatable bonds is 8. The minimum Gasteiger partial charge on any atom is -0.314 e. The molecule has 1 aromatic heterocycles. The second kappa shape index (κ2) is 5.81. The monoisotopic (exact) mass is 272 g/mol. The van der Waals surface area contributed by atoms with Crippen molar-refractivity contribution in [1.29, 1.82) is 0 Å². The van der Waals surface area contributed by atoms with Gasteiger partial charge in [-0.2, -0.15) is 5.10 Å². The number of sulfonamides is 1. The molecule has 0 radical (unpaired) electrons.